The van der Waals surface area contributed by atoms with Crippen molar-refractivity contribution in [2.45, 2.75) is 26.2 Å². The molecular weight excluding hydrogens is 356 g/mol. The highest BCUT2D eigenvalue weighted by molar-refractivity contribution is 9.10. The first kappa shape index (κ1) is 17.2. The quantitative estimate of drug-likeness (QED) is 0.768. The molecule has 5 heteroatoms. The van der Waals surface area contributed by atoms with Gasteiger partial charge in [0, 0.05) is 15.8 Å². The third-order valence-electron chi connectivity index (χ3n) is 3.30. The molecule has 0 unspecified atom stereocenters. The average molecular weight is 375 g/mol. The van der Waals surface area contributed by atoms with Crippen molar-refractivity contribution in [2.24, 2.45) is 0 Å². The molecule has 4 nitrogen and oxygen atoms in total. The number of anilines is 2. The molecule has 2 amide bonds. The summed E-state index contributed by atoms with van der Waals surface area (Å²) in [5.41, 5.74) is 2.35. The van der Waals surface area contributed by atoms with Crippen molar-refractivity contribution in [3.05, 3.63) is 58.6 Å². The largest absolute Gasteiger partial charge is 0.318 e. The van der Waals surface area contributed by atoms with Crippen LogP contribution in [0.1, 0.15) is 26.3 Å². The molecule has 120 valence electrons. The number of amides is 2. The highest BCUT2D eigenvalue weighted by Crippen LogP contribution is 2.23. The molecule has 2 rings (SSSR count). The van der Waals surface area contributed by atoms with Crippen molar-refractivity contribution in [1.29, 1.82) is 0 Å². The lowest BCUT2D eigenvalue weighted by Crippen LogP contribution is -2.29. The summed E-state index contributed by atoms with van der Waals surface area (Å²) in [4.78, 5) is 23.9. The lowest BCUT2D eigenvalue weighted by Gasteiger charge is -2.19. The highest BCUT2D eigenvalue weighted by atomic mass is 79.9. The SMILES string of the molecule is CC(C)(C)c1ccc(NC(=O)C(=O)Nc2cccc(Br)c2)cc1. The van der Waals surface area contributed by atoms with E-state index in [1.807, 2.05) is 18.2 Å². The Bertz CT molecular complexity index is 719. The van der Waals surface area contributed by atoms with E-state index >= 15 is 0 Å². The van der Waals surface area contributed by atoms with E-state index in [0.29, 0.717) is 11.4 Å². The molecule has 0 atom stereocenters. The van der Waals surface area contributed by atoms with Crippen LogP contribution in [0.25, 0.3) is 0 Å². The summed E-state index contributed by atoms with van der Waals surface area (Å²) in [7, 11) is 0. The summed E-state index contributed by atoms with van der Waals surface area (Å²) < 4.78 is 0.827. The van der Waals surface area contributed by atoms with Crippen molar-refractivity contribution in [3.8, 4) is 0 Å². The minimum Gasteiger partial charge on any atom is -0.318 e. The fourth-order valence-corrected chi connectivity index (χ4v) is 2.39. The topological polar surface area (TPSA) is 58.2 Å². The van der Waals surface area contributed by atoms with Gasteiger partial charge in [-0.3, -0.25) is 9.59 Å². The first-order chi connectivity index (χ1) is 10.8. The normalized spacial score (nSPS) is 11.0. The maximum atomic E-state index is 11.9. The second kappa shape index (κ2) is 6.96. The molecule has 0 aliphatic carbocycles. The van der Waals surface area contributed by atoms with Crippen LogP contribution in [0.5, 0.6) is 0 Å². The molecule has 0 aliphatic rings. The van der Waals surface area contributed by atoms with E-state index in [4.69, 9.17) is 0 Å². The third kappa shape index (κ3) is 4.93. The van der Waals surface area contributed by atoms with Gasteiger partial charge in [-0.15, -0.1) is 0 Å². The number of nitrogens with one attached hydrogen (secondary N) is 2. The van der Waals surface area contributed by atoms with Crippen molar-refractivity contribution in [1.82, 2.24) is 0 Å². The van der Waals surface area contributed by atoms with Crippen LogP contribution < -0.4 is 10.6 Å². The van der Waals surface area contributed by atoms with E-state index in [0.717, 1.165) is 10.0 Å². The molecule has 0 bridgehead atoms. The number of carbonyl (C=O) groups excluding carboxylic acids is 2. The average Bonchev–Trinajstić information content (AvgIpc) is 2.46. The van der Waals surface area contributed by atoms with Gasteiger partial charge in [-0.05, 0) is 41.3 Å². The van der Waals surface area contributed by atoms with Gasteiger partial charge in [-0.1, -0.05) is 54.9 Å². The Morgan fingerprint density at radius 1 is 0.870 bits per heavy atom. The van der Waals surface area contributed by atoms with Crippen LogP contribution in [0, 0.1) is 0 Å². The number of carbonyl (C=O) groups is 2. The standard InChI is InChI=1S/C18H19BrN2O2/c1-18(2,3)12-7-9-14(10-8-12)20-16(22)17(23)21-15-6-4-5-13(19)11-15/h4-11H,1-3H3,(H,20,22)(H,21,23). The van der Waals surface area contributed by atoms with Crippen molar-refractivity contribution in [2.75, 3.05) is 10.6 Å². The number of rotatable bonds is 2. The Morgan fingerprint density at radius 2 is 1.43 bits per heavy atom. The molecule has 2 N–H and O–H groups in total. The maximum Gasteiger partial charge on any atom is 0.314 e. The predicted molar refractivity (Wildman–Crippen MR) is 96.5 cm³/mol. The van der Waals surface area contributed by atoms with Gasteiger partial charge in [0.15, 0.2) is 0 Å². The van der Waals surface area contributed by atoms with E-state index in [1.54, 1.807) is 30.3 Å². The predicted octanol–water partition coefficient (Wildman–Crippen LogP) is 4.32. The molecule has 0 saturated carbocycles. The fourth-order valence-electron chi connectivity index (χ4n) is 2.00. The van der Waals surface area contributed by atoms with Crippen molar-refractivity contribution < 1.29 is 9.59 Å². The monoisotopic (exact) mass is 374 g/mol. The van der Waals surface area contributed by atoms with Crippen LogP contribution in [0.15, 0.2) is 53.0 Å². The van der Waals surface area contributed by atoms with Gasteiger partial charge in [-0.25, -0.2) is 0 Å². The molecule has 0 spiro atoms. The Kier molecular flexibility index (Phi) is 5.21. The summed E-state index contributed by atoms with van der Waals surface area (Å²) >= 11 is 3.31. The molecule has 0 fully saturated rings. The minimum atomic E-state index is -0.706. The summed E-state index contributed by atoms with van der Waals surface area (Å²) in [5, 5.41) is 5.15. The Labute approximate surface area is 144 Å². The molecule has 0 aliphatic heterocycles. The van der Waals surface area contributed by atoms with Crippen molar-refractivity contribution >= 4 is 39.1 Å². The number of hydrogen-bond donors (Lipinski definition) is 2. The van der Waals surface area contributed by atoms with Crippen LogP contribution in [0.2, 0.25) is 0 Å². The summed E-state index contributed by atoms with van der Waals surface area (Å²) in [6.07, 6.45) is 0. The van der Waals surface area contributed by atoms with E-state index in [-0.39, 0.29) is 5.41 Å². The molecule has 2 aromatic rings. The smallest absolute Gasteiger partial charge is 0.314 e. The molecule has 23 heavy (non-hydrogen) atoms. The zero-order chi connectivity index (χ0) is 17.0. The molecule has 0 aromatic heterocycles. The van der Waals surface area contributed by atoms with E-state index in [1.165, 1.54) is 0 Å². The summed E-state index contributed by atoms with van der Waals surface area (Å²) in [6, 6.07) is 14.5. The second-order valence-corrected chi connectivity index (χ2v) is 7.16. The maximum absolute atomic E-state index is 11.9. The van der Waals surface area contributed by atoms with E-state index < -0.39 is 11.8 Å². The molecular formula is C18H19BrN2O2. The van der Waals surface area contributed by atoms with Crippen LogP contribution in [-0.2, 0) is 15.0 Å². The number of benzene rings is 2. The van der Waals surface area contributed by atoms with Crippen LogP contribution >= 0.6 is 15.9 Å². The van der Waals surface area contributed by atoms with Crippen LogP contribution in [-0.4, -0.2) is 11.8 Å². The van der Waals surface area contributed by atoms with Gasteiger partial charge in [0.1, 0.15) is 0 Å². The summed E-state index contributed by atoms with van der Waals surface area (Å²) in [5.74, 6) is -1.41. The zero-order valence-electron chi connectivity index (χ0n) is 13.3. The Hall–Kier alpha value is -2.14. The van der Waals surface area contributed by atoms with Gasteiger partial charge in [0.2, 0.25) is 0 Å². The van der Waals surface area contributed by atoms with Gasteiger partial charge in [0.05, 0.1) is 0 Å². The number of halogens is 1. The van der Waals surface area contributed by atoms with Crippen LogP contribution in [0.4, 0.5) is 11.4 Å². The Balaban J connectivity index is 2.00. The van der Waals surface area contributed by atoms with Gasteiger partial charge in [-0.2, -0.15) is 0 Å². The third-order valence-corrected chi connectivity index (χ3v) is 3.79. The molecule has 0 saturated heterocycles. The Morgan fingerprint density at radius 3 is 1.96 bits per heavy atom. The highest BCUT2D eigenvalue weighted by Gasteiger charge is 2.16. The zero-order valence-corrected chi connectivity index (χ0v) is 14.9. The lowest BCUT2D eigenvalue weighted by molar-refractivity contribution is -0.132. The number of hydrogen-bond acceptors (Lipinski definition) is 2. The minimum absolute atomic E-state index is 0.0423. The van der Waals surface area contributed by atoms with Crippen LogP contribution in [0.3, 0.4) is 0 Å². The van der Waals surface area contributed by atoms with Gasteiger partial charge < -0.3 is 10.6 Å². The van der Waals surface area contributed by atoms with Gasteiger partial charge >= 0.3 is 11.8 Å². The lowest BCUT2D eigenvalue weighted by atomic mass is 9.87. The van der Waals surface area contributed by atoms with E-state index in [9.17, 15) is 9.59 Å². The van der Waals surface area contributed by atoms with Gasteiger partial charge in [0.25, 0.3) is 0 Å². The first-order valence-electron chi connectivity index (χ1n) is 7.24. The fraction of sp³-hybridized carbons (Fsp3) is 0.222. The molecule has 2 aromatic carbocycles. The van der Waals surface area contributed by atoms with Crippen molar-refractivity contribution in [3.63, 3.8) is 0 Å². The molecule has 0 heterocycles. The van der Waals surface area contributed by atoms with E-state index in [2.05, 4.69) is 47.3 Å². The first-order valence-corrected chi connectivity index (χ1v) is 8.03. The molecule has 0 radical (unpaired) electrons. The summed E-state index contributed by atoms with van der Waals surface area (Å²) in [6.45, 7) is 6.35. The second-order valence-electron chi connectivity index (χ2n) is 6.25.